The van der Waals surface area contributed by atoms with E-state index in [4.69, 9.17) is 9.47 Å². The lowest BCUT2D eigenvalue weighted by molar-refractivity contribution is 0.173. The third kappa shape index (κ3) is 3.84. The predicted molar refractivity (Wildman–Crippen MR) is 73.2 cm³/mol. The van der Waals surface area contributed by atoms with E-state index < -0.39 is 9.84 Å². The molecular weight excluding hydrogens is 266 g/mol. The van der Waals surface area contributed by atoms with E-state index in [0.717, 1.165) is 17.1 Å². The number of rotatable bonds is 7. The molecule has 1 aliphatic rings. The van der Waals surface area contributed by atoms with Gasteiger partial charge in [-0.25, -0.2) is 8.42 Å². The van der Waals surface area contributed by atoms with Crippen molar-refractivity contribution in [2.75, 3.05) is 24.8 Å². The first kappa shape index (κ1) is 14.1. The van der Waals surface area contributed by atoms with Crippen LogP contribution >= 0.6 is 0 Å². The van der Waals surface area contributed by atoms with Gasteiger partial charge in [0.15, 0.2) is 21.3 Å². The van der Waals surface area contributed by atoms with Crippen molar-refractivity contribution in [1.29, 1.82) is 0 Å². The summed E-state index contributed by atoms with van der Waals surface area (Å²) in [6, 6.07) is 5.71. The minimum atomic E-state index is -2.92. The molecule has 0 bridgehead atoms. The fourth-order valence-corrected chi connectivity index (χ4v) is 3.28. The molecule has 0 saturated heterocycles. The third-order valence-electron chi connectivity index (χ3n) is 2.90. The summed E-state index contributed by atoms with van der Waals surface area (Å²) in [4.78, 5) is 0. The zero-order chi connectivity index (χ0) is 13.7. The molecule has 106 valence electrons. The van der Waals surface area contributed by atoms with Gasteiger partial charge >= 0.3 is 0 Å². The Morgan fingerprint density at radius 2 is 2.11 bits per heavy atom. The van der Waals surface area contributed by atoms with Crippen molar-refractivity contribution >= 4 is 9.84 Å². The molecular formula is C13H19NO4S. The Hall–Kier alpha value is -1.27. The van der Waals surface area contributed by atoms with Gasteiger partial charge in [-0.15, -0.1) is 0 Å². The molecule has 2 rings (SSSR count). The highest BCUT2D eigenvalue weighted by atomic mass is 32.2. The van der Waals surface area contributed by atoms with E-state index in [1.54, 1.807) is 0 Å². The Kier molecular flexibility index (Phi) is 4.66. The molecule has 19 heavy (non-hydrogen) atoms. The number of benzene rings is 1. The first-order valence-corrected chi connectivity index (χ1v) is 8.23. The van der Waals surface area contributed by atoms with E-state index >= 15 is 0 Å². The van der Waals surface area contributed by atoms with Crippen LogP contribution in [0.15, 0.2) is 18.2 Å². The number of ether oxygens (including phenoxy) is 2. The molecule has 0 radical (unpaired) electrons. The lowest BCUT2D eigenvalue weighted by atomic mass is 10.2. The number of para-hydroxylation sites is 1. The number of sulfone groups is 1. The van der Waals surface area contributed by atoms with Gasteiger partial charge in [0, 0.05) is 24.4 Å². The van der Waals surface area contributed by atoms with Crippen molar-refractivity contribution in [1.82, 2.24) is 5.32 Å². The highest BCUT2D eigenvalue weighted by Gasteiger charge is 2.16. The van der Waals surface area contributed by atoms with E-state index in [-0.39, 0.29) is 18.3 Å². The highest BCUT2D eigenvalue weighted by molar-refractivity contribution is 7.91. The van der Waals surface area contributed by atoms with Crippen molar-refractivity contribution in [3.8, 4) is 11.5 Å². The molecule has 1 aromatic carbocycles. The minimum absolute atomic E-state index is 0.174. The van der Waals surface area contributed by atoms with Gasteiger partial charge in [0.05, 0.1) is 5.75 Å². The second kappa shape index (κ2) is 6.25. The largest absolute Gasteiger partial charge is 0.454 e. The van der Waals surface area contributed by atoms with Crippen LogP contribution in [-0.2, 0) is 16.4 Å². The normalized spacial score (nSPS) is 13.7. The topological polar surface area (TPSA) is 64.6 Å². The maximum Gasteiger partial charge on any atom is 0.231 e. The van der Waals surface area contributed by atoms with E-state index in [0.29, 0.717) is 19.5 Å². The standard InChI is InChI=1S/C13H19NO4S/c1-2-7-19(15,16)8-6-14-9-11-4-3-5-12-13(11)18-10-17-12/h3-5,14H,2,6-10H2,1H3. The highest BCUT2D eigenvalue weighted by Crippen LogP contribution is 2.35. The summed E-state index contributed by atoms with van der Waals surface area (Å²) >= 11 is 0. The smallest absolute Gasteiger partial charge is 0.231 e. The fourth-order valence-electron chi connectivity index (χ4n) is 1.99. The quantitative estimate of drug-likeness (QED) is 0.766. The van der Waals surface area contributed by atoms with Gasteiger partial charge < -0.3 is 14.8 Å². The van der Waals surface area contributed by atoms with Gasteiger partial charge in [0.2, 0.25) is 6.79 Å². The van der Waals surface area contributed by atoms with Gasteiger partial charge in [0.1, 0.15) is 0 Å². The van der Waals surface area contributed by atoms with Crippen LogP contribution in [0.25, 0.3) is 0 Å². The molecule has 5 nitrogen and oxygen atoms in total. The second-order valence-corrected chi connectivity index (χ2v) is 6.78. The van der Waals surface area contributed by atoms with Crippen LogP contribution in [0.5, 0.6) is 11.5 Å². The Morgan fingerprint density at radius 3 is 2.89 bits per heavy atom. The summed E-state index contributed by atoms with van der Waals surface area (Å²) < 4.78 is 33.8. The summed E-state index contributed by atoms with van der Waals surface area (Å²) in [6.45, 7) is 3.15. The maximum atomic E-state index is 11.5. The fraction of sp³-hybridized carbons (Fsp3) is 0.538. The number of nitrogens with one attached hydrogen (secondary N) is 1. The number of fused-ring (bicyclic) bond motifs is 1. The van der Waals surface area contributed by atoms with Crippen LogP contribution in [0, 0.1) is 0 Å². The average Bonchev–Trinajstić information content (AvgIpc) is 2.83. The molecule has 0 unspecified atom stereocenters. The maximum absolute atomic E-state index is 11.5. The van der Waals surface area contributed by atoms with Gasteiger partial charge in [-0.05, 0) is 12.5 Å². The lowest BCUT2D eigenvalue weighted by Crippen LogP contribution is -2.24. The summed E-state index contributed by atoms with van der Waals surface area (Å²) in [5, 5.41) is 3.13. The Bertz CT molecular complexity index is 527. The first-order valence-electron chi connectivity index (χ1n) is 6.41. The van der Waals surface area contributed by atoms with Crippen molar-refractivity contribution in [3.63, 3.8) is 0 Å². The second-order valence-electron chi connectivity index (χ2n) is 4.48. The molecule has 0 aliphatic carbocycles. The Balaban J connectivity index is 1.82. The van der Waals surface area contributed by atoms with Crippen molar-refractivity contribution in [3.05, 3.63) is 23.8 Å². The Labute approximate surface area is 113 Å². The molecule has 1 aromatic rings. The number of hydrogen-bond acceptors (Lipinski definition) is 5. The molecule has 1 aliphatic heterocycles. The molecule has 1 heterocycles. The zero-order valence-electron chi connectivity index (χ0n) is 11.0. The van der Waals surface area contributed by atoms with E-state index in [1.807, 2.05) is 25.1 Å². The van der Waals surface area contributed by atoms with Gasteiger partial charge in [-0.3, -0.25) is 0 Å². The van der Waals surface area contributed by atoms with Crippen LogP contribution in [0.4, 0.5) is 0 Å². The van der Waals surface area contributed by atoms with Gasteiger partial charge in [-0.1, -0.05) is 19.1 Å². The zero-order valence-corrected chi connectivity index (χ0v) is 11.8. The SMILES string of the molecule is CCCS(=O)(=O)CCNCc1cccc2c1OCO2. The molecule has 0 amide bonds. The third-order valence-corrected chi connectivity index (χ3v) is 4.75. The van der Waals surface area contributed by atoms with E-state index in [2.05, 4.69) is 5.32 Å². The average molecular weight is 285 g/mol. The molecule has 0 atom stereocenters. The van der Waals surface area contributed by atoms with Crippen LogP contribution in [0.1, 0.15) is 18.9 Å². The van der Waals surface area contributed by atoms with Gasteiger partial charge in [-0.2, -0.15) is 0 Å². The van der Waals surface area contributed by atoms with Crippen molar-refractivity contribution < 1.29 is 17.9 Å². The van der Waals surface area contributed by atoms with Gasteiger partial charge in [0.25, 0.3) is 0 Å². The van der Waals surface area contributed by atoms with Crippen LogP contribution in [0.2, 0.25) is 0 Å². The molecule has 0 aromatic heterocycles. The lowest BCUT2D eigenvalue weighted by Gasteiger charge is -2.08. The predicted octanol–water partition coefficient (Wildman–Crippen LogP) is 1.33. The van der Waals surface area contributed by atoms with Crippen LogP contribution in [0.3, 0.4) is 0 Å². The molecule has 1 N–H and O–H groups in total. The summed E-state index contributed by atoms with van der Waals surface area (Å²) in [6.07, 6.45) is 0.666. The van der Waals surface area contributed by atoms with Crippen LogP contribution in [-0.4, -0.2) is 33.3 Å². The molecule has 0 saturated carbocycles. The van der Waals surface area contributed by atoms with E-state index in [1.165, 1.54) is 0 Å². The number of hydrogen-bond donors (Lipinski definition) is 1. The van der Waals surface area contributed by atoms with Crippen molar-refractivity contribution in [2.45, 2.75) is 19.9 Å². The first-order chi connectivity index (χ1) is 9.12. The summed E-state index contributed by atoms with van der Waals surface area (Å²) in [5.74, 6) is 1.93. The molecule has 0 spiro atoms. The van der Waals surface area contributed by atoms with Crippen molar-refractivity contribution in [2.24, 2.45) is 0 Å². The summed E-state index contributed by atoms with van der Waals surface area (Å²) in [5.41, 5.74) is 0.989. The minimum Gasteiger partial charge on any atom is -0.454 e. The monoisotopic (exact) mass is 285 g/mol. The van der Waals surface area contributed by atoms with E-state index in [9.17, 15) is 8.42 Å². The summed E-state index contributed by atoms with van der Waals surface area (Å²) in [7, 11) is -2.92. The Morgan fingerprint density at radius 1 is 1.26 bits per heavy atom. The van der Waals surface area contributed by atoms with Crippen LogP contribution < -0.4 is 14.8 Å². The molecule has 0 fully saturated rings. The molecule has 6 heteroatoms.